The minimum atomic E-state index is 0.174. The topological polar surface area (TPSA) is 32.8 Å². The number of likely N-dealkylation sites (tertiary alicyclic amines) is 1. The summed E-state index contributed by atoms with van der Waals surface area (Å²) in [6.07, 6.45) is 3.21. The zero-order valence-corrected chi connectivity index (χ0v) is 20.5. The van der Waals surface area contributed by atoms with Crippen molar-refractivity contribution in [2.45, 2.75) is 32.7 Å². The molecule has 4 rings (SSSR count). The average Bonchev–Trinajstić information content (AvgIpc) is 3.28. The number of carbonyl (C=O) groups excluding carboxylic acids is 1. The lowest BCUT2D eigenvalue weighted by Crippen LogP contribution is -2.41. The summed E-state index contributed by atoms with van der Waals surface area (Å²) in [5, 5.41) is 2.00. The second-order valence-corrected chi connectivity index (χ2v) is 10.0. The number of amides is 1. The molecule has 1 fully saturated rings. The Bertz CT molecular complexity index is 1020. The zero-order chi connectivity index (χ0) is 23.0. The van der Waals surface area contributed by atoms with E-state index in [0.717, 1.165) is 61.6 Å². The molecule has 3 aromatic rings. The van der Waals surface area contributed by atoms with Gasteiger partial charge in [-0.05, 0) is 73.5 Å². The van der Waals surface area contributed by atoms with Crippen LogP contribution in [0.25, 0.3) is 0 Å². The number of aryl methyl sites for hydroxylation is 1. The van der Waals surface area contributed by atoms with Crippen molar-refractivity contribution in [3.63, 3.8) is 0 Å². The summed E-state index contributed by atoms with van der Waals surface area (Å²) in [5.41, 5.74) is 3.74. The Kier molecular flexibility index (Phi) is 8.19. The van der Waals surface area contributed by atoms with Crippen LogP contribution in [0.4, 0.5) is 0 Å². The standard InChI is InChI=1S/C28H34N2O2S/c1-22-15-18-33-27(22)28(31)30-16-6-9-25(20-30)21-32-26-12-10-24(11-13-26)19-29(2)17-14-23-7-4-3-5-8-23/h3-5,7-8,10-13,15,18,25H,6,9,14,16-17,19-21H2,1-2H3/t25-/m1/s1. The molecule has 1 aliphatic heterocycles. The van der Waals surface area contributed by atoms with Crippen molar-refractivity contribution in [1.29, 1.82) is 0 Å². The fourth-order valence-corrected chi connectivity index (χ4v) is 5.27. The van der Waals surface area contributed by atoms with Crippen LogP contribution < -0.4 is 4.74 Å². The molecule has 5 heteroatoms. The first-order valence-electron chi connectivity index (χ1n) is 11.9. The average molecular weight is 463 g/mol. The zero-order valence-electron chi connectivity index (χ0n) is 19.7. The van der Waals surface area contributed by atoms with Crippen LogP contribution in [0.5, 0.6) is 5.75 Å². The first-order valence-corrected chi connectivity index (χ1v) is 12.7. The van der Waals surface area contributed by atoms with Gasteiger partial charge in [0.1, 0.15) is 5.75 Å². The van der Waals surface area contributed by atoms with Crippen LogP contribution in [0.2, 0.25) is 0 Å². The van der Waals surface area contributed by atoms with E-state index >= 15 is 0 Å². The maximum atomic E-state index is 12.8. The number of thiophene rings is 1. The van der Waals surface area contributed by atoms with E-state index < -0.39 is 0 Å². The Balaban J connectivity index is 1.22. The predicted molar refractivity (Wildman–Crippen MR) is 136 cm³/mol. The fourth-order valence-electron chi connectivity index (χ4n) is 4.38. The first-order chi connectivity index (χ1) is 16.1. The fraction of sp³-hybridized carbons (Fsp3) is 0.393. The predicted octanol–water partition coefficient (Wildman–Crippen LogP) is 5.66. The third-order valence-electron chi connectivity index (χ3n) is 6.35. The van der Waals surface area contributed by atoms with Gasteiger partial charge in [0.15, 0.2) is 0 Å². The number of ether oxygens (including phenoxy) is 1. The molecular weight excluding hydrogens is 428 g/mol. The van der Waals surface area contributed by atoms with Crippen molar-refractivity contribution in [1.82, 2.24) is 9.80 Å². The lowest BCUT2D eigenvalue weighted by molar-refractivity contribution is 0.0637. The summed E-state index contributed by atoms with van der Waals surface area (Å²) in [7, 11) is 2.17. The number of hydrogen-bond acceptors (Lipinski definition) is 4. The molecule has 0 bridgehead atoms. The second kappa shape index (κ2) is 11.5. The van der Waals surface area contributed by atoms with Crippen molar-refractivity contribution in [2.75, 3.05) is 33.3 Å². The van der Waals surface area contributed by atoms with Gasteiger partial charge in [0.25, 0.3) is 5.91 Å². The van der Waals surface area contributed by atoms with Crippen LogP contribution in [-0.4, -0.2) is 49.0 Å². The Morgan fingerprint density at radius 1 is 1.09 bits per heavy atom. The molecule has 0 saturated carbocycles. The molecular formula is C28H34N2O2S. The summed E-state index contributed by atoms with van der Waals surface area (Å²) in [4.78, 5) is 18.1. The van der Waals surface area contributed by atoms with Gasteiger partial charge in [-0.25, -0.2) is 0 Å². The highest BCUT2D eigenvalue weighted by molar-refractivity contribution is 7.12. The number of nitrogens with zero attached hydrogens (tertiary/aromatic N) is 2. The van der Waals surface area contributed by atoms with Gasteiger partial charge in [-0.3, -0.25) is 4.79 Å². The van der Waals surface area contributed by atoms with Gasteiger partial charge in [-0.1, -0.05) is 42.5 Å². The number of hydrogen-bond donors (Lipinski definition) is 0. The Morgan fingerprint density at radius 3 is 2.61 bits per heavy atom. The SMILES string of the molecule is Cc1ccsc1C(=O)N1CCC[C@@H](COc2ccc(CN(C)CCc3ccccc3)cc2)C1. The van der Waals surface area contributed by atoms with Crippen molar-refractivity contribution in [3.8, 4) is 5.75 Å². The summed E-state index contributed by atoms with van der Waals surface area (Å²) in [6, 6.07) is 21.1. The van der Waals surface area contributed by atoms with Crippen molar-refractivity contribution in [3.05, 3.63) is 87.6 Å². The van der Waals surface area contributed by atoms with E-state index in [4.69, 9.17) is 4.74 Å². The maximum Gasteiger partial charge on any atom is 0.264 e. The number of rotatable bonds is 9. The largest absolute Gasteiger partial charge is 0.493 e. The smallest absolute Gasteiger partial charge is 0.264 e. The molecule has 2 heterocycles. The molecule has 1 aliphatic rings. The van der Waals surface area contributed by atoms with Crippen molar-refractivity contribution in [2.24, 2.45) is 5.92 Å². The van der Waals surface area contributed by atoms with Gasteiger partial charge < -0.3 is 14.5 Å². The van der Waals surface area contributed by atoms with E-state index in [1.165, 1.54) is 11.1 Å². The third kappa shape index (κ3) is 6.68. The van der Waals surface area contributed by atoms with Crippen LogP contribution in [-0.2, 0) is 13.0 Å². The van der Waals surface area contributed by atoms with Gasteiger partial charge in [-0.2, -0.15) is 0 Å². The van der Waals surface area contributed by atoms with Gasteiger partial charge in [0.2, 0.25) is 0 Å². The molecule has 174 valence electrons. The summed E-state index contributed by atoms with van der Waals surface area (Å²) >= 11 is 1.54. The maximum absolute atomic E-state index is 12.8. The number of piperidine rings is 1. The summed E-state index contributed by atoms with van der Waals surface area (Å²) < 4.78 is 6.10. The molecule has 1 atom stereocenters. The Hall–Kier alpha value is -2.63. The summed E-state index contributed by atoms with van der Waals surface area (Å²) in [6.45, 7) is 6.25. The second-order valence-electron chi connectivity index (χ2n) is 9.12. The molecule has 0 radical (unpaired) electrons. The highest BCUT2D eigenvalue weighted by Crippen LogP contribution is 2.24. The molecule has 2 aromatic carbocycles. The lowest BCUT2D eigenvalue weighted by atomic mass is 9.98. The Labute approximate surface area is 201 Å². The van der Waals surface area contributed by atoms with Crippen LogP contribution >= 0.6 is 11.3 Å². The van der Waals surface area contributed by atoms with E-state index in [1.54, 1.807) is 11.3 Å². The van der Waals surface area contributed by atoms with Gasteiger partial charge in [0.05, 0.1) is 11.5 Å². The van der Waals surface area contributed by atoms with Crippen LogP contribution in [0.1, 0.15) is 39.2 Å². The van der Waals surface area contributed by atoms with Crippen molar-refractivity contribution >= 4 is 17.2 Å². The number of likely N-dealkylation sites (N-methyl/N-ethyl adjacent to an activating group) is 1. The molecule has 0 unspecified atom stereocenters. The van der Waals surface area contributed by atoms with Crippen LogP contribution in [0.15, 0.2) is 66.0 Å². The van der Waals surface area contributed by atoms with Crippen LogP contribution in [0.3, 0.4) is 0 Å². The minimum Gasteiger partial charge on any atom is -0.493 e. The number of carbonyl (C=O) groups is 1. The molecule has 1 amide bonds. The quantitative estimate of drug-likeness (QED) is 0.411. The van der Waals surface area contributed by atoms with Gasteiger partial charge in [-0.15, -0.1) is 11.3 Å². The summed E-state index contributed by atoms with van der Waals surface area (Å²) in [5.74, 6) is 1.46. The Morgan fingerprint density at radius 2 is 1.88 bits per heavy atom. The minimum absolute atomic E-state index is 0.174. The van der Waals surface area contributed by atoms with E-state index in [1.807, 2.05) is 23.3 Å². The molecule has 1 saturated heterocycles. The normalized spacial score (nSPS) is 16.2. The first kappa shape index (κ1) is 23.5. The number of benzene rings is 2. The monoisotopic (exact) mass is 462 g/mol. The van der Waals surface area contributed by atoms with E-state index in [2.05, 4.69) is 66.5 Å². The molecule has 4 nitrogen and oxygen atoms in total. The van der Waals surface area contributed by atoms with Gasteiger partial charge in [0, 0.05) is 32.1 Å². The lowest BCUT2D eigenvalue weighted by Gasteiger charge is -2.32. The molecule has 0 N–H and O–H groups in total. The molecule has 0 spiro atoms. The highest BCUT2D eigenvalue weighted by Gasteiger charge is 2.26. The molecule has 0 aliphatic carbocycles. The van der Waals surface area contributed by atoms with E-state index in [-0.39, 0.29) is 5.91 Å². The highest BCUT2D eigenvalue weighted by atomic mass is 32.1. The van der Waals surface area contributed by atoms with Crippen molar-refractivity contribution < 1.29 is 9.53 Å². The molecule has 1 aromatic heterocycles. The van der Waals surface area contributed by atoms with Gasteiger partial charge >= 0.3 is 0 Å². The van der Waals surface area contributed by atoms with E-state index in [0.29, 0.717) is 12.5 Å². The molecule has 33 heavy (non-hydrogen) atoms. The van der Waals surface area contributed by atoms with E-state index in [9.17, 15) is 4.79 Å². The third-order valence-corrected chi connectivity index (χ3v) is 7.35. The van der Waals surface area contributed by atoms with Crippen LogP contribution in [0, 0.1) is 12.8 Å².